The van der Waals surface area contributed by atoms with Crippen LogP contribution >= 0.6 is 0 Å². The first-order valence-electron chi connectivity index (χ1n) is 16.8. The smallest absolute Gasteiger partial charge is 0.417 e. The van der Waals surface area contributed by atoms with Crippen molar-refractivity contribution in [3.8, 4) is 11.8 Å². The lowest BCUT2D eigenvalue weighted by Crippen LogP contribution is -2.55. The van der Waals surface area contributed by atoms with Crippen molar-refractivity contribution in [2.75, 3.05) is 31.1 Å². The standard InChI is InChI=1S/C37H37F4N5O7/c1-22(2)46(25-10-7-14-44(20-25)35(50)51)32(47)26-17-30-31(18-27(26)37(39,40)41)53-36(3,28-16-24(19-42)11-12-29(28)38)33(48)45(30)15-13-43-34(49)52-21-23-8-5-4-6-9-23/h4-6,8-9,11-12,16-18,22,25H,7,10,13-15,20-21H2,1-3H3,(H,43,49)(H,50,51)/t25-,36?/m1/s1. The second-order valence-electron chi connectivity index (χ2n) is 13.1. The van der Waals surface area contributed by atoms with Gasteiger partial charge in [-0.1, -0.05) is 30.3 Å². The van der Waals surface area contributed by atoms with Gasteiger partial charge in [-0.25, -0.2) is 14.0 Å². The largest absolute Gasteiger partial charge is 0.471 e. The van der Waals surface area contributed by atoms with Crippen LogP contribution in [0, 0.1) is 17.1 Å². The number of nitrogens with zero attached hydrogens (tertiary/aromatic N) is 4. The van der Waals surface area contributed by atoms with E-state index in [1.807, 2.05) is 6.07 Å². The normalized spacial score (nSPS) is 18.5. The van der Waals surface area contributed by atoms with E-state index in [2.05, 4.69) is 5.32 Å². The Kier molecular flexibility index (Phi) is 11.2. The van der Waals surface area contributed by atoms with Crippen LogP contribution in [-0.4, -0.2) is 77.2 Å². The molecule has 0 radical (unpaired) electrons. The molecule has 2 aliphatic heterocycles. The number of hydrogen-bond acceptors (Lipinski definition) is 7. The van der Waals surface area contributed by atoms with Crippen LogP contribution in [0.2, 0.25) is 0 Å². The highest BCUT2D eigenvalue weighted by Gasteiger charge is 2.50. The summed E-state index contributed by atoms with van der Waals surface area (Å²) < 4.78 is 71.0. The molecular formula is C37H37F4N5O7. The van der Waals surface area contributed by atoms with Crippen molar-refractivity contribution < 1.29 is 51.3 Å². The first kappa shape index (κ1) is 38.4. The summed E-state index contributed by atoms with van der Waals surface area (Å²) >= 11 is 0. The van der Waals surface area contributed by atoms with Crippen LogP contribution in [0.5, 0.6) is 5.75 Å². The molecule has 3 aromatic rings. The van der Waals surface area contributed by atoms with Crippen LogP contribution in [-0.2, 0) is 27.9 Å². The van der Waals surface area contributed by atoms with Gasteiger partial charge in [0.15, 0.2) is 0 Å². The highest BCUT2D eigenvalue weighted by atomic mass is 19.4. The fraction of sp³-hybridized carbons (Fsp3) is 0.378. The third-order valence-corrected chi connectivity index (χ3v) is 9.17. The summed E-state index contributed by atoms with van der Waals surface area (Å²) in [6.45, 7) is 3.70. The number of hydrogen-bond donors (Lipinski definition) is 2. The zero-order valence-corrected chi connectivity index (χ0v) is 29.1. The molecule has 2 heterocycles. The third-order valence-electron chi connectivity index (χ3n) is 9.17. The van der Waals surface area contributed by atoms with E-state index < -0.39 is 76.1 Å². The van der Waals surface area contributed by atoms with Gasteiger partial charge in [0.1, 0.15) is 18.2 Å². The Morgan fingerprint density at radius 2 is 1.87 bits per heavy atom. The average molecular weight is 740 g/mol. The number of alkyl halides is 3. The van der Waals surface area contributed by atoms with E-state index in [4.69, 9.17) is 9.47 Å². The van der Waals surface area contributed by atoms with Gasteiger partial charge in [-0.3, -0.25) is 9.59 Å². The molecule has 1 unspecified atom stereocenters. The summed E-state index contributed by atoms with van der Waals surface area (Å²) in [5.74, 6) is -3.50. The first-order valence-corrected chi connectivity index (χ1v) is 16.8. The number of nitrogens with one attached hydrogen (secondary N) is 1. The van der Waals surface area contributed by atoms with Gasteiger partial charge < -0.3 is 34.6 Å². The van der Waals surface area contributed by atoms with E-state index in [0.717, 1.165) is 41.0 Å². The number of carboxylic acid groups (broad SMARTS) is 1. The Labute approximate surface area is 302 Å². The molecule has 280 valence electrons. The second kappa shape index (κ2) is 15.4. The highest BCUT2D eigenvalue weighted by Crippen LogP contribution is 2.47. The number of fused-ring (bicyclic) bond motifs is 1. The summed E-state index contributed by atoms with van der Waals surface area (Å²) in [5, 5.41) is 21.5. The van der Waals surface area contributed by atoms with Crippen molar-refractivity contribution in [1.29, 1.82) is 5.26 Å². The molecule has 0 spiro atoms. The van der Waals surface area contributed by atoms with Crippen LogP contribution in [0.1, 0.15) is 66.2 Å². The minimum atomic E-state index is -5.12. The summed E-state index contributed by atoms with van der Waals surface area (Å²) in [6, 6.07) is 13.8. The summed E-state index contributed by atoms with van der Waals surface area (Å²) in [7, 11) is 0. The van der Waals surface area contributed by atoms with Gasteiger partial charge in [0.05, 0.1) is 34.5 Å². The summed E-state index contributed by atoms with van der Waals surface area (Å²) in [6.07, 6.45) is -6.48. The Balaban J connectivity index is 1.56. The van der Waals surface area contributed by atoms with E-state index in [9.17, 15) is 42.7 Å². The number of carbonyl (C=O) groups excluding carboxylic acids is 3. The maximum absolute atomic E-state index is 15.3. The van der Waals surface area contributed by atoms with Crippen LogP contribution < -0.4 is 15.0 Å². The molecular weight excluding hydrogens is 702 g/mol. The Morgan fingerprint density at radius 3 is 2.51 bits per heavy atom. The van der Waals surface area contributed by atoms with Crippen molar-refractivity contribution in [1.82, 2.24) is 15.1 Å². The average Bonchev–Trinajstić information content (AvgIpc) is 3.12. The molecule has 2 N–H and O–H groups in total. The second-order valence-corrected chi connectivity index (χ2v) is 13.1. The minimum Gasteiger partial charge on any atom is -0.471 e. The first-order chi connectivity index (χ1) is 25.0. The van der Waals surface area contributed by atoms with Gasteiger partial charge in [-0.15, -0.1) is 0 Å². The maximum Gasteiger partial charge on any atom is 0.417 e. The van der Waals surface area contributed by atoms with E-state index in [-0.39, 0.29) is 44.0 Å². The number of halogens is 4. The minimum absolute atomic E-state index is 0.0471. The van der Waals surface area contributed by atoms with Crippen molar-refractivity contribution in [2.45, 2.75) is 64.1 Å². The Hall–Kier alpha value is -5.85. The number of alkyl carbamates (subject to hydrolysis) is 1. The van der Waals surface area contributed by atoms with Gasteiger partial charge in [0, 0.05) is 37.8 Å². The molecule has 0 aliphatic carbocycles. The fourth-order valence-electron chi connectivity index (χ4n) is 6.62. The van der Waals surface area contributed by atoms with E-state index in [1.165, 1.54) is 4.90 Å². The molecule has 12 nitrogen and oxygen atoms in total. The lowest BCUT2D eigenvalue weighted by molar-refractivity contribution is -0.138. The third kappa shape index (κ3) is 8.14. The van der Waals surface area contributed by atoms with Crippen molar-refractivity contribution in [3.63, 3.8) is 0 Å². The molecule has 2 atom stereocenters. The maximum atomic E-state index is 15.3. The monoisotopic (exact) mass is 739 g/mol. The highest BCUT2D eigenvalue weighted by molar-refractivity contribution is 6.05. The van der Waals surface area contributed by atoms with Gasteiger partial charge in [0.2, 0.25) is 5.60 Å². The molecule has 2 aliphatic rings. The molecule has 3 aromatic carbocycles. The van der Waals surface area contributed by atoms with Gasteiger partial charge in [-0.05, 0) is 69.5 Å². The number of anilines is 1. The van der Waals surface area contributed by atoms with E-state index >= 15 is 4.39 Å². The number of nitriles is 1. The number of benzene rings is 3. The molecule has 16 heteroatoms. The van der Waals surface area contributed by atoms with Gasteiger partial charge >= 0.3 is 18.4 Å². The van der Waals surface area contributed by atoms with E-state index in [1.54, 1.807) is 44.2 Å². The van der Waals surface area contributed by atoms with E-state index in [0.29, 0.717) is 24.5 Å². The van der Waals surface area contributed by atoms with Crippen molar-refractivity contribution >= 4 is 29.7 Å². The number of likely N-dealkylation sites (tertiary alicyclic amines) is 1. The zero-order valence-electron chi connectivity index (χ0n) is 29.1. The van der Waals surface area contributed by atoms with Gasteiger partial charge in [0.25, 0.3) is 11.8 Å². The molecule has 53 heavy (non-hydrogen) atoms. The molecule has 0 bridgehead atoms. The van der Waals surface area contributed by atoms with Crippen molar-refractivity contribution in [3.05, 3.63) is 94.3 Å². The molecule has 4 amide bonds. The predicted octanol–water partition coefficient (Wildman–Crippen LogP) is 6.28. The molecule has 1 fully saturated rings. The molecule has 5 rings (SSSR count). The SMILES string of the molecule is CC(C)N(C(=O)c1cc2c(cc1C(F)(F)F)OC(C)(c1cc(C#N)ccc1F)C(=O)N2CCNC(=O)OCc1ccccc1)[C@@H]1CCCN(C(=O)O)C1. The number of amides is 4. The summed E-state index contributed by atoms with van der Waals surface area (Å²) in [5.41, 5.74) is -4.55. The molecule has 0 saturated carbocycles. The number of piperidine rings is 1. The summed E-state index contributed by atoms with van der Waals surface area (Å²) in [4.78, 5) is 56.1. The number of rotatable bonds is 9. The fourth-order valence-corrected chi connectivity index (χ4v) is 6.62. The zero-order chi connectivity index (χ0) is 38.7. The van der Waals surface area contributed by atoms with Gasteiger partial charge in [-0.2, -0.15) is 18.4 Å². The molecule has 1 saturated heterocycles. The topological polar surface area (TPSA) is 153 Å². The van der Waals surface area contributed by atoms with Crippen LogP contribution in [0.3, 0.4) is 0 Å². The van der Waals surface area contributed by atoms with Crippen LogP contribution in [0.15, 0.2) is 60.7 Å². The number of ether oxygens (including phenoxy) is 2. The number of carbonyl (C=O) groups is 4. The van der Waals surface area contributed by atoms with Crippen LogP contribution in [0.25, 0.3) is 0 Å². The van der Waals surface area contributed by atoms with Crippen LogP contribution in [0.4, 0.5) is 32.8 Å². The Morgan fingerprint density at radius 1 is 1.15 bits per heavy atom. The lowest BCUT2D eigenvalue weighted by atomic mass is 9.89. The van der Waals surface area contributed by atoms with Crippen molar-refractivity contribution in [2.24, 2.45) is 0 Å². The lowest BCUT2D eigenvalue weighted by Gasteiger charge is -2.42. The Bertz CT molecular complexity index is 1930. The predicted molar refractivity (Wildman–Crippen MR) is 181 cm³/mol. The molecule has 0 aromatic heterocycles. The quantitative estimate of drug-likeness (QED) is 0.244.